The molecule has 0 aliphatic rings. The van der Waals surface area contributed by atoms with Crippen LogP contribution in [-0.2, 0) is 6.54 Å². The second-order valence-electron chi connectivity index (χ2n) is 6.12. The lowest BCUT2D eigenvalue weighted by Gasteiger charge is -2.09. The van der Waals surface area contributed by atoms with Crippen molar-refractivity contribution in [2.45, 2.75) is 20.4 Å². The van der Waals surface area contributed by atoms with E-state index in [0.717, 1.165) is 28.3 Å². The minimum absolute atomic E-state index is 0.189. The lowest BCUT2D eigenvalue weighted by atomic mass is 10.1. The van der Waals surface area contributed by atoms with Crippen molar-refractivity contribution in [2.75, 3.05) is 11.9 Å². The van der Waals surface area contributed by atoms with Crippen molar-refractivity contribution < 1.29 is 9.53 Å². The van der Waals surface area contributed by atoms with E-state index in [0.29, 0.717) is 18.8 Å². The van der Waals surface area contributed by atoms with Gasteiger partial charge in [-0.1, -0.05) is 24.3 Å². The van der Waals surface area contributed by atoms with E-state index in [2.05, 4.69) is 15.6 Å². The third kappa shape index (κ3) is 5.07. The van der Waals surface area contributed by atoms with Gasteiger partial charge in [-0.05, 0) is 61.4 Å². The third-order valence-electron chi connectivity index (χ3n) is 4.15. The standard InChI is InChI=1S/C22H23N3O2/c1-3-27-20-11-8-18(9-12-20)25-19-10-13-21(23-15-19)22(26)24-14-17-7-5-4-6-16(17)2/h4-13,15,25H,3,14H2,1-2H3,(H,24,26). The number of carbonyl (C=O) groups excluding carboxylic acids is 1. The second-order valence-corrected chi connectivity index (χ2v) is 6.12. The number of hydrogen-bond acceptors (Lipinski definition) is 4. The van der Waals surface area contributed by atoms with Crippen LogP contribution in [0.25, 0.3) is 0 Å². The van der Waals surface area contributed by atoms with Crippen molar-refractivity contribution in [3.63, 3.8) is 0 Å². The van der Waals surface area contributed by atoms with Crippen LogP contribution in [0.1, 0.15) is 28.5 Å². The Bertz CT molecular complexity index is 890. The molecule has 2 N–H and O–H groups in total. The van der Waals surface area contributed by atoms with E-state index in [9.17, 15) is 4.79 Å². The topological polar surface area (TPSA) is 63.2 Å². The van der Waals surface area contributed by atoms with Crippen molar-refractivity contribution in [2.24, 2.45) is 0 Å². The summed E-state index contributed by atoms with van der Waals surface area (Å²) in [6, 6.07) is 19.2. The average Bonchev–Trinajstić information content (AvgIpc) is 2.69. The lowest BCUT2D eigenvalue weighted by Crippen LogP contribution is -2.24. The van der Waals surface area contributed by atoms with Gasteiger partial charge in [-0.25, -0.2) is 4.98 Å². The van der Waals surface area contributed by atoms with Crippen molar-refractivity contribution in [3.05, 3.63) is 83.7 Å². The minimum Gasteiger partial charge on any atom is -0.494 e. The number of hydrogen-bond donors (Lipinski definition) is 2. The molecule has 5 heteroatoms. The fourth-order valence-corrected chi connectivity index (χ4v) is 2.64. The fourth-order valence-electron chi connectivity index (χ4n) is 2.64. The van der Waals surface area contributed by atoms with Crippen LogP contribution in [0.3, 0.4) is 0 Å². The number of nitrogens with zero attached hydrogens (tertiary/aromatic N) is 1. The molecule has 0 saturated heterocycles. The van der Waals surface area contributed by atoms with Crippen LogP contribution in [-0.4, -0.2) is 17.5 Å². The first kappa shape index (κ1) is 18.5. The Morgan fingerprint density at radius 3 is 2.41 bits per heavy atom. The summed E-state index contributed by atoms with van der Waals surface area (Å²) in [7, 11) is 0. The summed E-state index contributed by atoms with van der Waals surface area (Å²) in [6.45, 7) is 5.11. The summed E-state index contributed by atoms with van der Waals surface area (Å²) in [5.74, 6) is 0.646. The van der Waals surface area contributed by atoms with E-state index in [1.165, 1.54) is 0 Å². The first-order valence-corrected chi connectivity index (χ1v) is 8.94. The Hall–Kier alpha value is -3.34. The molecule has 3 aromatic rings. The highest BCUT2D eigenvalue weighted by atomic mass is 16.5. The normalized spacial score (nSPS) is 10.3. The lowest BCUT2D eigenvalue weighted by molar-refractivity contribution is 0.0946. The van der Waals surface area contributed by atoms with Gasteiger partial charge in [-0.3, -0.25) is 4.79 Å². The Balaban J connectivity index is 1.57. The second kappa shape index (κ2) is 8.85. The maximum atomic E-state index is 12.3. The number of ether oxygens (including phenoxy) is 1. The summed E-state index contributed by atoms with van der Waals surface area (Å²) in [5.41, 5.74) is 4.38. The molecule has 1 heterocycles. The predicted molar refractivity (Wildman–Crippen MR) is 107 cm³/mol. The molecular formula is C22H23N3O2. The number of aromatic nitrogens is 1. The highest BCUT2D eigenvalue weighted by molar-refractivity contribution is 5.92. The van der Waals surface area contributed by atoms with Gasteiger partial charge < -0.3 is 15.4 Å². The molecule has 0 saturated carbocycles. The van der Waals surface area contributed by atoms with Crippen molar-refractivity contribution in [1.82, 2.24) is 10.3 Å². The van der Waals surface area contributed by atoms with E-state index in [1.54, 1.807) is 12.3 Å². The van der Waals surface area contributed by atoms with Gasteiger partial charge in [0.1, 0.15) is 11.4 Å². The molecule has 0 fully saturated rings. The van der Waals surface area contributed by atoms with Gasteiger partial charge in [0.05, 0.1) is 18.5 Å². The molecule has 0 spiro atoms. The number of rotatable bonds is 7. The zero-order valence-corrected chi connectivity index (χ0v) is 15.5. The van der Waals surface area contributed by atoms with Gasteiger partial charge in [0.2, 0.25) is 0 Å². The molecule has 1 amide bonds. The largest absolute Gasteiger partial charge is 0.494 e. The maximum absolute atomic E-state index is 12.3. The minimum atomic E-state index is -0.189. The van der Waals surface area contributed by atoms with E-state index in [1.807, 2.05) is 68.4 Å². The SMILES string of the molecule is CCOc1ccc(Nc2ccc(C(=O)NCc3ccccc3C)nc2)cc1. The van der Waals surface area contributed by atoms with Gasteiger partial charge >= 0.3 is 0 Å². The summed E-state index contributed by atoms with van der Waals surface area (Å²) < 4.78 is 5.43. The van der Waals surface area contributed by atoms with Crippen molar-refractivity contribution in [1.29, 1.82) is 0 Å². The summed E-state index contributed by atoms with van der Waals surface area (Å²) >= 11 is 0. The third-order valence-corrected chi connectivity index (χ3v) is 4.15. The van der Waals surface area contributed by atoms with Crippen LogP contribution >= 0.6 is 0 Å². The molecule has 0 aliphatic carbocycles. The molecular weight excluding hydrogens is 338 g/mol. The number of carbonyl (C=O) groups is 1. The molecule has 2 aromatic carbocycles. The number of anilines is 2. The number of aryl methyl sites for hydroxylation is 1. The molecule has 1 aromatic heterocycles. The van der Waals surface area contributed by atoms with Crippen molar-refractivity contribution in [3.8, 4) is 5.75 Å². The highest BCUT2D eigenvalue weighted by Gasteiger charge is 2.08. The van der Waals surface area contributed by atoms with Gasteiger partial charge in [-0.15, -0.1) is 0 Å². The molecule has 138 valence electrons. The Kier molecular flexibility index (Phi) is 6.05. The van der Waals surface area contributed by atoms with Crippen LogP contribution in [0.5, 0.6) is 5.75 Å². The first-order valence-electron chi connectivity index (χ1n) is 8.94. The summed E-state index contributed by atoms with van der Waals surface area (Å²) in [5, 5.41) is 6.16. The van der Waals surface area contributed by atoms with Gasteiger partial charge in [0.25, 0.3) is 5.91 Å². The predicted octanol–water partition coefficient (Wildman–Crippen LogP) is 4.46. The number of benzene rings is 2. The smallest absolute Gasteiger partial charge is 0.270 e. The maximum Gasteiger partial charge on any atom is 0.270 e. The van der Waals surface area contributed by atoms with Gasteiger partial charge in [-0.2, -0.15) is 0 Å². The fraction of sp³-hybridized carbons (Fsp3) is 0.182. The van der Waals surface area contributed by atoms with Gasteiger partial charge in [0, 0.05) is 12.2 Å². The average molecular weight is 361 g/mol. The van der Waals surface area contributed by atoms with Crippen LogP contribution in [0.4, 0.5) is 11.4 Å². The zero-order valence-electron chi connectivity index (χ0n) is 15.5. The number of pyridine rings is 1. The monoisotopic (exact) mass is 361 g/mol. The van der Waals surface area contributed by atoms with E-state index < -0.39 is 0 Å². The Labute approximate surface area is 159 Å². The number of nitrogens with one attached hydrogen (secondary N) is 2. The summed E-state index contributed by atoms with van der Waals surface area (Å²) in [6.07, 6.45) is 1.65. The molecule has 27 heavy (non-hydrogen) atoms. The van der Waals surface area contributed by atoms with Crippen LogP contribution in [0.15, 0.2) is 66.9 Å². The zero-order chi connectivity index (χ0) is 19.1. The molecule has 5 nitrogen and oxygen atoms in total. The Morgan fingerprint density at radius 2 is 1.74 bits per heavy atom. The van der Waals surface area contributed by atoms with Crippen molar-refractivity contribution >= 4 is 17.3 Å². The summed E-state index contributed by atoms with van der Waals surface area (Å²) in [4.78, 5) is 16.5. The molecule has 0 unspecified atom stereocenters. The van der Waals surface area contributed by atoms with E-state index in [-0.39, 0.29) is 5.91 Å². The molecule has 0 radical (unpaired) electrons. The van der Waals surface area contributed by atoms with Crippen LogP contribution in [0, 0.1) is 6.92 Å². The van der Waals surface area contributed by atoms with E-state index in [4.69, 9.17) is 4.74 Å². The quantitative estimate of drug-likeness (QED) is 0.652. The van der Waals surface area contributed by atoms with Crippen LogP contribution in [0.2, 0.25) is 0 Å². The molecule has 0 atom stereocenters. The van der Waals surface area contributed by atoms with Crippen LogP contribution < -0.4 is 15.4 Å². The van der Waals surface area contributed by atoms with Gasteiger partial charge in [0.15, 0.2) is 0 Å². The van der Waals surface area contributed by atoms with E-state index >= 15 is 0 Å². The number of amides is 1. The molecule has 3 rings (SSSR count). The Morgan fingerprint density at radius 1 is 1.00 bits per heavy atom. The first-order chi connectivity index (χ1) is 13.2. The molecule has 0 aliphatic heterocycles. The molecule has 0 bridgehead atoms. The highest BCUT2D eigenvalue weighted by Crippen LogP contribution is 2.19.